The maximum Gasteiger partial charge on any atom is 0.227 e. The number of nitrogens with zero attached hydrogens (tertiary/aromatic N) is 1. The van der Waals surface area contributed by atoms with Crippen molar-refractivity contribution in [1.29, 1.82) is 0 Å². The molecule has 0 radical (unpaired) electrons. The average molecular weight is 346 g/mol. The fourth-order valence-electron chi connectivity index (χ4n) is 4.26. The highest BCUT2D eigenvalue weighted by molar-refractivity contribution is 5.79. The first-order chi connectivity index (χ1) is 12.0. The van der Waals surface area contributed by atoms with Gasteiger partial charge in [0.1, 0.15) is 0 Å². The van der Waals surface area contributed by atoms with Crippen molar-refractivity contribution in [3.8, 4) is 0 Å². The number of amides is 1. The molecule has 2 atom stereocenters. The molecule has 5 heteroatoms. The quantitative estimate of drug-likeness (QED) is 0.848. The number of piperidine rings is 1. The number of hydrogen-bond acceptors (Lipinski definition) is 4. The Morgan fingerprint density at radius 1 is 1.36 bits per heavy atom. The molecule has 138 valence electrons. The van der Waals surface area contributed by atoms with E-state index in [4.69, 9.17) is 10.5 Å². The zero-order chi connectivity index (χ0) is 18.0. The Labute approximate surface area is 150 Å². The number of aryl methyl sites for hydroxylation is 2. The maximum absolute atomic E-state index is 12.7. The number of rotatable bonds is 5. The van der Waals surface area contributed by atoms with Gasteiger partial charge in [0.2, 0.25) is 5.91 Å². The van der Waals surface area contributed by atoms with Crippen LogP contribution in [0.2, 0.25) is 0 Å². The van der Waals surface area contributed by atoms with E-state index in [1.807, 2.05) is 4.90 Å². The van der Waals surface area contributed by atoms with E-state index in [1.165, 1.54) is 5.56 Å². The van der Waals surface area contributed by atoms with Crippen LogP contribution >= 0.6 is 0 Å². The Hall–Kier alpha value is -1.43. The molecule has 2 aliphatic rings. The number of hydrogen-bond donors (Lipinski definition) is 2. The minimum atomic E-state index is -0.313. The number of benzene rings is 1. The van der Waals surface area contributed by atoms with Crippen LogP contribution in [0.15, 0.2) is 18.2 Å². The average Bonchev–Trinajstić information content (AvgIpc) is 2.61. The van der Waals surface area contributed by atoms with Crippen LogP contribution in [0.3, 0.4) is 0 Å². The molecule has 1 heterocycles. The summed E-state index contributed by atoms with van der Waals surface area (Å²) in [4.78, 5) is 14.6. The summed E-state index contributed by atoms with van der Waals surface area (Å²) >= 11 is 0. The van der Waals surface area contributed by atoms with Crippen molar-refractivity contribution in [3.63, 3.8) is 0 Å². The lowest BCUT2D eigenvalue weighted by atomic mass is 9.58. The summed E-state index contributed by atoms with van der Waals surface area (Å²) in [6.07, 6.45) is 2.53. The van der Waals surface area contributed by atoms with Gasteiger partial charge in [0.25, 0.3) is 0 Å². The molecule has 1 aliphatic carbocycles. The number of carbonyl (C=O) groups is 1. The zero-order valence-corrected chi connectivity index (χ0v) is 15.3. The maximum atomic E-state index is 12.7. The van der Waals surface area contributed by atoms with Gasteiger partial charge in [-0.15, -0.1) is 0 Å². The molecule has 1 amide bonds. The van der Waals surface area contributed by atoms with Gasteiger partial charge in [-0.3, -0.25) is 4.79 Å². The first-order valence-corrected chi connectivity index (χ1v) is 9.30. The van der Waals surface area contributed by atoms with Gasteiger partial charge < -0.3 is 20.5 Å². The predicted molar refractivity (Wildman–Crippen MR) is 97.3 cm³/mol. The van der Waals surface area contributed by atoms with Crippen LogP contribution < -0.4 is 5.73 Å². The monoisotopic (exact) mass is 346 g/mol. The Morgan fingerprint density at radius 3 is 2.72 bits per heavy atom. The van der Waals surface area contributed by atoms with E-state index in [-0.39, 0.29) is 23.5 Å². The minimum absolute atomic E-state index is 0.0855. The van der Waals surface area contributed by atoms with Gasteiger partial charge in [0, 0.05) is 31.5 Å². The van der Waals surface area contributed by atoms with Crippen LogP contribution in [0.25, 0.3) is 0 Å². The molecule has 2 unspecified atom stereocenters. The fourth-order valence-corrected chi connectivity index (χ4v) is 4.26. The second-order valence-corrected chi connectivity index (χ2v) is 7.62. The molecule has 0 aromatic heterocycles. The van der Waals surface area contributed by atoms with Crippen LogP contribution in [0.4, 0.5) is 0 Å². The highest BCUT2D eigenvalue weighted by Crippen LogP contribution is 2.50. The van der Waals surface area contributed by atoms with E-state index in [1.54, 1.807) is 0 Å². The SMILES string of the molecule is Cc1ccc(C)c(CC(=O)N2CCC3(CC2)C(O)CC3OCCN)c1. The third-order valence-corrected chi connectivity index (χ3v) is 6.07. The predicted octanol–water partition coefficient (Wildman–Crippen LogP) is 1.56. The third-order valence-electron chi connectivity index (χ3n) is 6.07. The molecule has 1 aromatic rings. The molecule has 3 rings (SSSR count). The minimum Gasteiger partial charge on any atom is -0.392 e. The van der Waals surface area contributed by atoms with E-state index >= 15 is 0 Å². The highest BCUT2D eigenvalue weighted by Gasteiger charge is 2.56. The van der Waals surface area contributed by atoms with Gasteiger partial charge in [-0.1, -0.05) is 23.8 Å². The molecule has 5 nitrogen and oxygen atoms in total. The number of carbonyl (C=O) groups excluding carboxylic acids is 1. The van der Waals surface area contributed by atoms with E-state index in [2.05, 4.69) is 32.0 Å². The second-order valence-electron chi connectivity index (χ2n) is 7.62. The molecule has 0 bridgehead atoms. The Kier molecular flexibility index (Phi) is 5.46. The number of ether oxygens (including phenoxy) is 1. The largest absolute Gasteiger partial charge is 0.392 e. The van der Waals surface area contributed by atoms with Crippen molar-refractivity contribution < 1.29 is 14.6 Å². The first-order valence-electron chi connectivity index (χ1n) is 9.30. The number of likely N-dealkylation sites (tertiary alicyclic amines) is 1. The smallest absolute Gasteiger partial charge is 0.227 e. The molecule has 3 N–H and O–H groups in total. The summed E-state index contributed by atoms with van der Waals surface area (Å²) < 4.78 is 5.82. The highest BCUT2D eigenvalue weighted by atomic mass is 16.5. The lowest BCUT2D eigenvalue weighted by molar-refractivity contribution is -0.210. The topological polar surface area (TPSA) is 75.8 Å². The van der Waals surface area contributed by atoms with Gasteiger partial charge in [-0.05, 0) is 37.8 Å². The fraction of sp³-hybridized carbons (Fsp3) is 0.650. The van der Waals surface area contributed by atoms with E-state index in [9.17, 15) is 9.90 Å². The first kappa shape index (κ1) is 18.4. The van der Waals surface area contributed by atoms with Crippen molar-refractivity contribution in [2.75, 3.05) is 26.2 Å². The lowest BCUT2D eigenvalue weighted by Gasteiger charge is -2.56. The molecule has 1 aliphatic heterocycles. The van der Waals surface area contributed by atoms with Crippen molar-refractivity contribution in [2.24, 2.45) is 11.1 Å². The summed E-state index contributed by atoms with van der Waals surface area (Å²) in [5.41, 5.74) is 8.81. The third kappa shape index (κ3) is 3.59. The Bertz CT molecular complexity index is 623. The van der Waals surface area contributed by atoms with Crippen molar-refractivity contribution in [2.45, 2.75) is 51.7 Å². The molecular formula is C20H30N2O3. The Balaban J connectivity index is 1.58. The lowest BCUT2D eigenvalue weighted by Crippen LogP contribution is -2.63. The van der Waals surface area contributed by atoms with Gasteiger partial charge in [-0.25, -0.2) is 0 Å². The van der Waals surface area contributed by atoms with Gasteiger partial charge in [0.15, 0.2) is 0 Å². The second kappa shape index (κ2) is 7.44. The summed E-state index contributed by atoms with van der Waals surface area (Å²) in [5, 5.41) is 10.3. The molecule has 2 fully saturated rings. The molecule has 1 aromatic carbocycles. The van der Waals surface area contributed by atoms with Crippen molar-refractivity contribution in [1.82, 2.24) is 4.90 Å². The van der Waals surface area contributed by atoms with E-state index < -0.39 is 0 Å². The van der Waals surface area contributed by atoms with Gasteiger partial charge >= 0.3 is 0 Å². The molecule has 25 heavy (non-hydrogen) atoms. The standard InChI is InChI=1S/C20H30N2O3/c1-14-3-4-15(2)16(11-14)12-19(24)22-8-5-20(6-9-22)17(23)13-18(20)25-10-7-21/h3-4,11,17-18,23H,5-10,12-13,21H2,1-2H3. The molecular weight excluding hydrogens is 316 g/mol. The van der Waals surface area contributed by atoms with Gasteiger partial charge in [-0.2, -0.15) is 0 Å². The Morgan fingerprint density at radius 2 is 2.08 bits per heavy atom. The molecule has 1 spiro atoms. The number of aliphatic hydroxyl groups excluding tert-OH is 1. The van der Waals surface area contributed by atoms with Crippen molar-refractivity contribution >= 4 is 5.91 Å². The van der Waals surface area contributed by atoms with Crippen LogP contribution in [0.5, 0.6) is 0 Å². The number of aliphatic hydroxyl groups is 1. The van der Waals surface area contributed by atoms with E-state index in [0.717, 1.165) is 24.0 Å². The van der Waals surface area contributed by atoms with Crippen molar-refractivity contribution in [3.05, 3.63) is 34.9 Å². The summed E-state index contributed by atoms with van der Waals surface area (Å²) in [6.45, 7) is 6.54. The van der Waals surface area contributed by atoms with Gasteiger partial charge in [0.05, 0.1) is 25.2 Å². The summed E-state index contributed by atoms with van der Waals surface area (Å²) in [5.74, 6) is 0.178. The molecule has 1 saturated heterocycles. The summed E-state index contributed by atoms with van der Waals surface area (Å²) in [7, 11) is 0. The van der Waals surface area contributed by atoms with Crippen LogP contribution in [0, 0.1) is 19.3 Å². The zero-order valence-electron chi connectivity index (χ0n) is 15.3. The van der Waals surface area contributed by atoms with Crippen LogP contribution in [-0.2, 0) is 16.0 Å². The normalized spacial score (nSPS) is 25.0. The van der Waals surface area contributed by atoms with Crippen LogP contribution in [0.1, 0.15) is 36.0 Å². The van der Waals surface area contributed by atoms with E-state index in [0.29, 0.717) is 39.1 Å². The summed E-state index contributed by atoms with van der Waals surface area (Å²) in [6, 6.07) is 6.26. The number of nitrogens with two attached hydrogens (primary N) is 1. The molecule has 1 saturated carbocycles. The van der Waals surface area contributed by atoms with Crippen LogP contribution in [-0.4, -0.2) is 54.4 Å².